The van der Waals surface area contributed by atoms with Crippen LogP contribution in [-0.2, 0) is 11.3 Å². The average Bonchev–Trinajstić information content (AvgIpc) is 2.95. The van der Waals surface area contributed by atoms with Gasteiger partial charge < -0.3 is 20.4 Å². The number of para-hydroxylation sites is 1. The van der Waals surface area contributed by atoms with Crippen molar-refractivity contribution in [3.8, 4) is 0 Å². The van der Waals surface area contributed by atoms with Gasteiger partial charge in [0.15, 0.2) is 0 Å². The van der Waals surface area contributed by atoms with Crippen LogP contribution in [0.5, 0.6) is 0 Å². The highest BCUT2D eigenvalue weighted by Crippen LogP contribution is 2.19. The van der Waals surface area contributed by atoms with Crippen LogP contribution in [0.4, 0.5) is 4.79 Å². The number of nitrogens with one attached hydrogen (secondary N) is 1. The third kappa shape index (κ3) is 3.05. The number of piperidine rings is 1. The van der Waals surface area contributed by atoms with Crippen molar-refractivity contribution in [2.75, 3.05) is 13.1 Å². The van der Waals surface area contributed by atoms with Crippen LogP contribution in [0, 0.1) is 5.92 Å². The summed E-state index contributed by atoms with van der Waals surface area (Å²) in [5.74, 6) is 0.453. The molecule has 0 unspecified atom stereocenters. The second kappa shape index (κ2) is 6.09. The number of amides is 3. The molecule has 1 aliphatic heterocycles. The number of furan rings is 1. The molecule has 3 amide bonds. The predicted molar refractivity (Wildman–Crippen MR) is 81.9 cm³/mol. The van der Waals surface area contributed by atoms with Crippen molar-refractivity contribution >= 4 is 22.9 Å². The van der Waals surface area contributed by atoms with Gasteiger partial charge in [0.1, 0.15) is 11.3 Å². The maximum absolute atomic E-state index is 12.2. The SMILES string of the molecule is NC(=O)N1CCC[C@H](C(=O)NCc2cc3ccccc3o2)C1. The lowest BCUT2D eigenvalue weighted by molar-refractivity contribution is -0.126. The first-order chi connectivity index (χ1) is 10.6. The first kappa shape index (κ1) is 14.4. The van der Waals surface area contributed by atoms with Gasteiger partial charge in [-0.2, -0.15) is 0 Å². The summed E-state index contributed by atoms with van der Waals surface area (Å²) in [5.41, 5.74) is 6.09. The maximum Gasteiger partial charge on any atom is 0.314 e. The van der Waals surface area contributed by atoms with Gasteiger partial charge in [-0.05, 0) is 25.0 Å². The molecule has 2 heterocycles. The molecular formula is C16H19N3O3. The Morgan fingerprint density at radius 3 is 2.95 bits per heavy atom. The molecule has 6 nitrogen and oxygen atoms in total. The Bertz CT molecular complexity index is 662. The van der Waals surface area contributed by atoms with Crippen molar-refractivity contribution < 1.29 is 14.0 Å². The van der Waals surface area contributed by atoms with E-state index in [0.29, 0.717) is 19.6 Å². The number of carbonyl (C=O) groups is 2. The first-order valence-corrected chi connectivity index (χ1v) is 7.43. The van der Waals surface area contributed by atoms with Crippen molar-refractivity contribution in [1.29, 1.82) is 0 Å². The molecule has 1 aromatic carbocycles. The average molecular weight is 301 g/mol. The lowest BCUT2D eigenvalue weighted by atomic mass is 9.97. The van der Waals surface area contributed by atoms with E-state index >= 15 is 0 Å². The Morgan fingerprint density at radius 1 is 1.36 bits per heavy atom. The summed E-state index contributed by atoms with van der Waals surface area (Å²) in [6.07, 6.45) is 1.57. The Labute approximate surface area is 128 Å². The summed E-state index contributed by atoms with van der Waals surface area (Å²) in [5, 5.41) is 3.90. The van der Waals surface area contributed by atoms with E-state index in [4.69, 9.17) is 10.2 Å². The molecule has 0 radical (unpaired) electrons. The van der Waals surface area contributed by atoms with Crippen LogP contribution in [-0.4, -0.2) is 29.9 Å². The second-order valence-electron chi connectivity index (χ2n) is 5.59. The molecule has 1 aromatic heterocycles. The number of nitrogens with zero attached hydrogens (tertiary/aromatic N) is 1. The summed E-state index contributed by atoms with van der Waals surface area (Å²) in [6.45, 7) is 1.37. The summed E-state index contributed by atoms with van der Waals surface area (Å²) in [7, 11) is 0. The van der Waals surface area contributed by atoms with E-state index in [2.05, 4.69) is 5.32 Å². The molecule has 3 rings (SSSR count). The summed E-state index contributed by atoms with van der Waals surface area (Å²) in [6, 6.07) is 9.18. The van der Waals surface area contributed by atoms with E-state index in [-0.39, 0.29) is 11.8 Å². The zero-order chi connectivity index (χ0) is 15.5. The molecule has 2 aromatic rings. The third-order valence-corrected chi connectivity index (χ3v) is 4.02. The van der Waals surface area contributed by atoms with Gasteiger partial charge in [0.05, 0.1) is 12.5 Å². The van der Waals surface area contributed by atoms with Gasteiger partial charge in [-0.1, -0.05) is 18.2 Å². The standard InChI is InChI=1S/C16H19N3O3/c17-16(21)19-7-3-5-12(10-19)15(20)18-9-13-8-11-4-1-2-6-14(11)22-13/h1-2,4,6,8,12H,3,5,7,9-10H2,(H2,17,21)(H,18,20)/t12-/m0/s1. The monoisotopic (exact) mass is 301 g/mol. The molecule has 1 aliphatic rings. The zero-order valence-electron chi connectivity index (χ0n) is 12.2. The lowest BCUT2D eigenvalue weighted by Crippen LogP contribution is -2.47. The third-order valence-electron chi connectivity index (χ3n) is 4.02. The number of hydrogen-bond acceptors (Lipinski definition) is 3. The fourth-order valence-electron chi connectivity index (χ4n) is 2.83. The Morgan fingerprint density at radius 2 is 2.18 bits per heavy atom. The van der Waals surface area contributed by atoms with Gasteiger partial charge in [0.2, 0.25) is 5.91 Å². The summed E-state index contributed by atoms with van der Waals surface area (Å²) >= 11 is 0. The normalized spacial score (nSPS) is 18.4. The number of rotatable bonds is 3. The molecule has 1 fully saturated rings. The molecule has 6 heteroatoms. The first-order valence-electron chi connectivity index (χ1n) is 7.43. The number of primary amides is 1. The highest BCUT2D eigenvalue weighted by atomic mass is 16.3. The maximum atomic E-state index is 12.2. The summed E-state index contributed by atoms with van der Waals surface area (Å²) < 4.78 is 5.67. The Hall–Kier alpha value is -2.50. The molecule has 1 atom stereocenters. The van der Waals surface area contributed by atoms with E-state index < -0.39 is 6.03 Å². The minimum atomic E-state index is -0.463. The topological polar surface area (TPSA) is 88.6 Å². The van der Waals surface area contributed by atoms with Crippen LogP contribution in [0.15, 0.2) is 34.7 Å². The number of carbonyl (C=O) groups excluding carboxylic acids is 2. The highest BCUT2D eigenvalue weighted by molar-refractivity contribution is 5.81. The molecule has 0 saturated carbocycles. The Kier molecular flexibility index (Phi) is 4.00. The van der Waals surface area contributed by atoms with Crippen LogP contribution >= 0.6 is 0 Å². The van der Waals surface area contributed by atoms with Gasteiger partial charge in [-0.15, -0.1) is 0 Å². The molecule has 0 bridgehead atoms. The molecule has 22 heavy (non-hydrogen) atoms. The van der Waals surface area contributed by atoms with Crippen molar-refractivity contribution in [2.24, 2.45) is 11.7 Å². The van der Waals surface area contributed by atoms with Crippen LogP contribution in [0.25, 0.3) is 11.0 Å². The number of benzene rings is 1. The number of fused-ring (bicyclic) bond motifs is 1. The molecular weight excluding hydrogens is 282 g/mol. The van der Waals surface area contributed by atoms with E-state index in [0.717, 1.165) is 29.6 Å². The quantitative estimate of drug-likeness (QED) is 0.906. The van der Waals surface area contributed by atoms with Crippen molar-refractivity contribution in [2.45, 2.75) is 19.4 Å². The van der Waals surface area contributed by atoms with E-state index in [9.17, 15) is 9.59 Å². The zero-order valence-corrected chi connectivity index (χ0v) is 12.2. The number of urea groups is 1. The fourth-order valence-corrected chi connectivity index (χ4v) is 2.83. The van der Waals surface area contributed by atoms with Crippen LogP contribution in [0.1, 0.15) is 18.6 Å². The van der Waals surface area contributed by atoms with Crippen LogP contribution < -0.4 is 11.1 Å². The van der Waals surface area contributed by atoms with Crippen molar-refractivity contribution in [3.05, 3.63) is 36.1 Å². The van der Waals surface area contributed by atoms with Gasteiger partial charge in [-0.25, -0.2) is 4.79 Å². The largest absolute Gasteiger partial charge is 0.459 e. The van der Waals surface area contributed by atoms with Gasteiger partial charge in [0, 0.05) is 18.5 Å². The molecule has 1 saturated heterocycles. The molecule has 116 valence electrons. The highest BCUT2D eigenvalue weighted by Gasteiger charge is 2.27. The minimum Gasteiger partial charge on any atom is -0.459 e. The van der Waals surface area contributed by atoms with Crippen LogP contribution in [0.3, 0.4) is 0 Å². The van der Waals surface area contributed by atoms with E-state index in [1.54, 1.807) is 0 Å². The van der Waals surface area contributed by atoms with Gasteiger partial charge in [0.25, 0.3) is 0 Å². The van der Waals surface area contributed by atoms with Crippen LogP contribution in [0.2, 0.25) is 0 Å². The minimum absolute atomic E-state index is 0.0635. The Balaban J connectivity index is 1.58. The van der Waals surface area contributed by atoms with Gasteiger partial charge >= 0.3 is 6.03 Å². The van der Waals surface area contributed by atoms with Gasteiger partial charge in [-0.3, -0.25) is 4.79 Å². The number of nitrogens with two attached hydrogens (primary N) is 1. The molecule has 3 N–H and O–H groups in total. The molecule has 0 aliphatic carbocycles. The van der Waals surface area contributed by atoms with Crippen molar-refractivity contribution in [1.82, 2.24) is 10.2 Å². The van der Waals surface area contributed by atoms with Crippen molar-refractivity contribution in [3.63, 3.8) is 0 Å². The summed E-state index contributed by atoms with van der Waals surface area (Å²) in [4.78, 5) is 24.9. The van der Waals surface area contributed by atoms with E-state index in [1.807, 2.05) is 30.3 Å². The van der Waals surface area contributed by atoms with E-state index in [1.165, 1.54) is 4.90 Å². The number of hydrogen-bond donors (Lipinski definition) is 2. The smallest absolute Gasteiger partial charge is 0.314 e. The lowest BCUT2D eigenvalue weighted by Gasteiger charge is -2.30. The predicted octanol–water partition coefficient (Wildman–Crippen LogP) is 1.84. The second-order valence-corrected chi connectivity index (χ2v) is 5.59. The molecule has 0 spiro atoms. The number of likely N-dealkylation sites (tertiary alicyclic amines) is 1. The fraction of sp³-hybridized carbons (Fsp3) is 0.375.